The summed E-state index contributed by atoms with van der Waals surface area (Å²) in [6.45, 7) is 0.585. The van der Waals surface area contributed by atoms with Gasteiger partial charge in [-0.05, 0) is 81.7 Å². The third kappa shape index (κ3) is 6.79. The quantitative estimate of drug-likeness (QED) is 0.157. The van der Waals surface area contributed by atoms with Gasteiger partial charge in [0.05, 0.1) is 10.2 Å². The number of hydrogen-bond acceptors (Lipinski definition) is 5. The molecule has 0 unspecified atom stereocenters. The summed E-state index contributed by atoms with van der Waals surface area (Å²) >= 11 is 15.6. The van der Waals surface area contributed by atoms with Gasteiger partial charge < -0.3 is 9.47 Å². The van der Waals surface area contributed by atoms with Gasteiger partial charge in [-0.1, -0.05) is 65.7 Å². The van der Waals surface area contributed by atoms with E-state index in [0.29, 0.717) is 43.9 Å². The molecule has 5 rings (SSSR count). The van der Waals surface area contributed by atoms with E-state index < -0.39 is 17.8 Å². The van der Waals surface area contributed by atoms with Crippen molar-refractivity contribution in [1.82, 2.24) is 5.32 Å². The predicted molar refractivity (Wildman–Crippen MR) is 161 cm³/mol. The third-order valence-corrected chi connectivity index (χ3v) is 7.32. The summed E-state index contributed by atoms with van der Waals surface area (Å²) in [4.78, 5) is 39.4. The zero-order valence-electron chi connectivity index (χ0n) is 21.3. The van der Waals surface area contributed by atoms with E-state index in [1.165, 1.54) is 6.08 Å². The number of ether oxygens (including phenoxy) is 2. The van der Waals surface area contributed by atoms with E-state index in [1.807, 2.05) is 30.3 Å². The normalized spacial score (nSPS) is 14.3. The second kappa shape index (κ2) is 12.6. The number of carbonyl (C=O) groups is 3. The van der Waals surface area contributed by atoms with Gasteiger partial charge in [-0.3, -0.25) is 14.9 Å². The number of carbonyl (C=O) groups excluding carboxylic acids is 3. The number of nitrogens with one attached hydrogen (secondary N) is 1. The van der Waals surface area contributed by atoms with Crippen LogP contribution in [-0.2, 0) is 22.8 Å². The molecule has 1 fully saturated rings. The monoisotopic (exact) mass is 650 g/mol. The SMILES string of the molecule is O=C1NC(=O)N(c2ccc(OCc3ccccc3)cc2)C(=O)/C1=C/c1ccc(OCc2ccc(Cl)cc2Cl)c(Br)c1. The van der Waals surface area contributed by atoms with Gasteiger partial charge >= 0.3 is 6.03 Å². The maximum absolute atomic E-state index is 13.3. The molecule has 1 N–H and O–H groups in total. The van der Waals surface area contributed by atoms with Crippen molar-refractivity contribution >= 4 is 68.7 Å². The van der Waals surface area contributed by atoms with E-state index in [-0.39, 0.29) is 12.2 Å². The first kappa shape index (κ1) is 28.4. The Labute approximate surface area is 254 Å². The number of halogens is 3. The van der Waals surface area contributed by atoms with Crippen LogP contribution in [0.25, 0.3) is 6.08 Å². The van der Waals surface area contributed by atoms with Crippen molar-refractivity contribution in [2.75, 3.05) is 4.90 Å². The van der Waals surface area contributed by atoms with Gasteiger partial charge in [-0.2, -0.15) is 0 Å². The molecule has 0 radical (unpaired) electrons. The number of nitrogens with zero attached hydrogens (tertiary/aromatic N) is 1. The molecule has 0 saturated carbocycles. The lowest BCUT2D eigenvalue weighted by atomic mass is 10.1. The van der Waals surface area contributed by atoms with Crippen molar-refractivity contribution in [2.45, 2.75) is 13.2 Å². The van der Waals surface area contributed by atoms with Crippen molar-refractivity contribution < 1.29 is 23.9 Å². The predicted octanol–water partition coefficient (Wildman–Crippen LogP) is 7.58. The minimum atomic E-state index is -0.833. The smallest absolute Gasteiger partial charge is 0.335 e. The Kier molecular flexibility index (Phi) is 8.73. The maximum atomic E-state index is 13.3. The first-order valence-corrected chi connectivity index (χ1v) is 13.9. The molecule has 1 heterocycles. The second-order valence-electron chi connectivity index (χ2n) is 8.94. The van der Waals surface area contributed by atoms with Crippen LogP contribution in [0, 0.1) is 0 Å². The number of anilines is 1. The standard InChI is InChI=1S/C31H21BrCl2N2O5/c32-26-15-20(6-13-28(26)41-18-21-7-8-22(33)16-27(21)34)14-25-29(37)35-31(39)36(30(25)38)23-9-11-24(12-10-23)40-17-19-4-2-1-3-5-19/h1-16H,17-18H2,(H,35,37,39)/b25-14+. The number of imide groups is 2. The van der Waals surface area contributed by atoms with Crippen LogP contribution in [0.1, 0.15) is 16.7 Å². The van der Waals surface area contributed by atoms with Crippen LogP contribution < -0.4 is 19.7 Å². The Bertz CT molecular complexity index is 1660. The van der Waals surface area contributed by atoms with Crippen molar-refractivity contribution in [3.05, 3.63) is 128 Å². The molecule has 0 aliphatic carbocycles. The van der Waals surface area contributed by atoms with Gasteiger partial charge in [0.1, 0.15) is 30.3 Å². The minimum Gasteiger partial charge on any atom is -0.489 e. The lowest BCUT2D eigenvalue weighted by Crippen LogP contribution is -2.54. The van der Waals surface area contributed by atoms with E-state index in [9.17, 15) is 14.4 Å². The summed E-state index contributed by atoms with van der Waals surface area (Å²) in [5.74, 6) is -0.429. The molecule has 1 saturated heterocycles. The van der Waals surface area contributed by atoms with Crippen LogP contribution in [0.2, 0.25) is 10.0 Å². The summed E-state index contributed by atoms with van der Waals surface area (Å²) in [5, 5.41) is 3.26. The molecule has 4 aromatic rings. The van der Waals surface area contributed by atoms with Crippen LogP contribution in [0.4, 0.5) is 10.5 Å². The Hall–Kier alpha value is -4.11. The number of urea groups is 1. The van der Waals surface area contributed by atoms with Gasteiger partial charge in [-0.15, -0.1) is 0 Å². The van der Waals surface area contributed by atoms with Crippen LogP contribution in [0.5, 0.6) is 11.5 Å². The van der Waals surface area contributed by atoms with Crippen molar-refractivity contribution in [3.8, 4) is 11.5 Å². The first-order chi connectivity index (χ1) is 19.8. The molecule has 0 atom stereocenters. The molecule has 4 amide bonds. The molecule has 1 aliphatic rings. The minimum absolute atomic E-state index is 0.192. The van der Waals surface area contributed by atoms with Gasteiger partial charge in [0.2, 0.25) is 0 Å². The van der Waals surface area contributed by atoms with Crippen LogP contribution >= 0.6 is 39.1 Å². The van der Waals surface area contributed by atoms with Gasteiger partial charge in [0.25, 0.3) is 11.8 Å². The molecular weight excluding hydrogens is 631 g/mol. The Morgan fingerprint density at radius 3 is 2.29 bits per heavy atom. The molecular formula is C31H21BrCl2N2O5. The number of benzene rings is 4. The summed E-state index contributed by atoms with van der Waals surface area (Å²) in [7, 11) is 0. The van der Waals surface area contributed by atoms with Crippen LogP contribution in [-0.4, -0.2) is 17.8 Å². The summed E-state index contributed by atoms with van der Waals surface area (Å²) in [6, 6.07) is 25.6. The fraction of sp³-hybridized carbons (Fsp3) is 0.0645. The molecule has 0 spiro atoms. The maximum Gasteiger partial charge on any atom is 0.335 e. The van der Waals surface area contributed by atoms with Crippen LogP contribution in [0.3, 0.4) is 0 Å². The average molecular weight is 652 g/mol. The summed E-state index contributed by atoms with van der Waals surface area (Å²) in [5.41, 5.74) is 2.42. The van der Waals surface area contributed by atoms with E-state index in [2.05, 4.69) is 21.2 Å². The van der Waals surface area contributed by atoms with Crippen LogP contribution in [0.15, 0.2) is 101 Å². The highest BCUT2D eigenvalue weighted by Crippen LogP contribution is 2.30. The zero-order valence-corrected chi connectivity index (χ0v) is 24.4. The lowest BCUT2D eigenvalue weighted by Gasteiger charge is -2.26. The Balaban J connectivity index is 1.29. The number of rotatable bonds is 8. The molecule has 4 aromatic carbocycles. The van der Waals surface area contributed by atoms with Gasteiger partial charge in [-0.25, -0.2) is 9.69 Å². The highest BCUT2D eigenvalue weighted by atomic mass is 79.9. The molecule has 0 bridgehead atoms. The lowest BCUT2D eigenvalue weighted by molar-refractivity contribution is -0.122. The number of amides is 4. The van der Waals surface area contributed by atoms with Gasteiger partial charge in [0.15, 0.2) is 0 Å². The number of barbiturate groups is 1. The Morgan fingerprint density at radius 1 is 0.829 bits per heavy atom. The summed E-state index contributed by atoms with van der Waals surface area (Å²) < 4.78 is 12.2. The van der Waals surface area contributed by atoms with Crippen molar-refractivity contribution in [1.29, 1.82) is 0 Å². The van der Waals surface area contributed by atoms with E-state index >= 15 is 0 Å². The highest BCUT2D eigenvalue weighted by Gasteiger charge is 2.36. The molecule has 41 heavy (non-hydrogen) atoms. The average Bonchev–Trinajstić information content (AvgIpc) is 2.95. The summed E-state index contributed by atoms with van der Waals surface area (Å²) in [6.07, 6.45) is 1.42. The van der Waals surface area contributed by atoms with Crippen molar-refractivity contribution in [3.63, 3.8) is 0 Å². The molecule has 0 aromatic heterocycles. The topological polar surface area (TPSA) is 84.9 Å². The van der Waals surface area contributed by atoms with E-state index in [1.54, 1.807) is 60.7 Å². The van der Waals surface area contributed by atoms with Gasteiger partial charge in [0, 0.05) is 15.6 Å². The van der Waals surface area contributed by atoms with Crippen molar-refractivity contribution in [2.24, 2.45) is 0 Å². The van der Waals surface area contributed by atoms with E-state index in [4.69, 9.17) is 32.7 Å². The molecule has 206 valence electrons. The molecule has 10 heteroatoms. The zero-order chi connectivity index (χ0) is 28.9. The first-order valence-electron chi connectivity index (χ1n) is 12.3. The highest BCUT2D eigenvalue weighted by molar-refractivity contribution is 9.10. The fourth-order valence-electron chi connectivity index (χ4n) is 4.01. The molecule has 1 aliphatic heterocycles. The third-order valence-electron chi connectivity index (χ3n) is 6.11. The Morgan fingerprint density at radius 2 is 1.59 bits per heavy atom. The molecule has 7 nitrogen and oxygen atoms in total. The second-order valence-corrected chi connectivity index (χ2v) is 10.6. The fourth-order valence-corrected chi connectivity index (χ4v) is 4.98. The largest absolute Gasteiger partial charge is 0.489 e. The van der Waals surface area contributed by atoms with E-state index in [0.717, 1.165) is 16.0 Å². The number of hydrogen-bond donors (Lipinski definition) is 1.